The molecular formula is C28H31NO7S. The van der Waals surface area contributed by atoms with Crippen molar-refractivity contribution in [1.82, 2.24) is 4.98 Å². The SMILES string of the molecule is Cc1cc(OCCCS(C)(=O)=O)cc(C)c1-c1cccc(COc2cc3c(cn2)[C@H](CC(=O)O)CO3)c1. The summed E-state index contributed by atoms with van der Waals surface area (Å²) in [6, 6.07) is 13.8. The quantitative estimate of drug-likeness (QED) is 0.358. The normalized spacial score (nSPS) is 14.6. The molecule has 9 heteroatoms. The summed E-state index contributed by atoms with van der Waals surface area (Å²) in [5, 5.41) is 9.06. The number of carboxylic acid groups (broad SMARTS) is 1. The molecule has 1 aromatic heterocycles. The standard InChI is InChI=1S/C28H31NO7S/c1-18-10-23(34-8-5-9-37(3,32)33)11-19(2)28(18)21-7-4-6-20(12-21)16-36-26-14-25-24(15-29-26)22(17-35-25)13-27(30)31/h4,6-7,10-12,14-15,22H,5,8-9,13,16-17H2,1-3H3,(H,30,31)/t22-/m1/s1. The van der Waals surface area contributed by atoms with Crippen molar-refractivity contribution in [3.8, 4) is 28.5 Å². The van der Waals surface area contributed by atoms with E-state index in [1.807, 2.05) is 38.1 Å². The minimum atomic E-state index is -2.99. The lowest BCUT2D eigenvalue weighted by molar-refractivity contribution is -0.137. The number of nitrogens with zero attached hydrogens (tertiary/aromatic N) is 1. The molecule has 1 atom stereocenters. The number of aromatic nitrogens is 1. The van der Waals surface area contributed by atoms with Gasteiger partial charge < -0.3 is 19.3 Å². The number of hydrogen-bond donors (Lipinski definition) is 1. The highest BCUT2D eigenvalue weighted by Gasteiger charge is 2.27. The number of rotatable bonds is 11. The van der Waals surface area contributed by atoms with E-state index in [4.69, 9.17) is 19.3 Å². The molecule has 0 amide bonds. The molecule has 2 aromatic carbocycles. The van der Waals surface area contributed by atoms with Crippen molar-refractivity contribution in [2.45, 2.75) is 39.2 Å². The lowest BCUT2D eigenvalue weighted by Crippen LogP contribution is -2.08. The van der Waals surface area contributed by atoms with Crippen molar-refractivity contribution in [1.29, 1.82) is 0 Å². The minimum Gasteiger partial charge on any atom is -0.494 e. The highest BCUT2D eigenvalue weighted by Crippen LogP contribution is 2.37. The number of hydrogen-bond acceptors (Lipinski definition) is 7. The molecule has 0 radical (unpaired) electrons. The first-order valence-electron chi connectivity index (χ1n) is 12.1. The van der Waals surface area contributed by atoms with Crippen LogP contribution in [0.3, 0.4) is 0 Å². The molecule has 4 rings (SSSR count). The van der Waals surface area contributed by atoms with Gasteiger partial charge in [0.2, 0.25) is 5.88 Å². The maximum absolute atomic E-state index is 11.3. The van der Waals surface area contributed by atoms with Gasteiger partial charge in [0.15, 0.2) is 0 Å². The topological polar surface area (TPSA) is 112 Å². The molecule has 3 aromatic rings. The van der Waals surface area contributed by atoms with Crippen molar-refractivity contribution < 1.29 is 32.5 Å². The summed E-state index contributed by atoms with van der Waals surface area (Å²) < 4.78 is 40.0. The second-order valence-corrected chi connectivity index (χ2v) is 11.7. The summed E-state index contributed by atoms with van der Waals surface area (Å²) in [5.41, 5.74) is 6.06. The van der Waals surface area contributed by atoms with Crippen LogP contribution < -0.4 is 14.2 Å². The third-order valence-corrected chi connectivity index (χ3v) is 7.24. The molecule has 0 saturated heterocycles. The Labute approximate surface area is 217 Å². The van der Waals surface area contributed by atoms with Crippen LogP contribution in [0.25, 0.3) is 11.1 Å². The Hall–Kier alpha value is -3.59. The van der Waals surface area contributed by atoms with E-state index >= 15 is 0 Å². The van der Waals surface area contributed by atoms with Crippen molar-refractivity contribution in [2.75, 3.05) is 25.2 Å². The average molecular weight is 526 g/mol. The maximum Gasteiger partial charge on any atom is 0.304 e. The van der Waals surface area contributed by atoms with Gasteiger partial charge in [-0.05, 0) is 66.3 Å². The first-order valence-corrected chi connectivity index (χ1v) is 14.1. The second-order valence-electron chi connectivity index (χ2n) is 9.42. The van der Waals surface area contributed by atoms with Crippen molar-refractivity contribution >= 4 is 15.8 Å². The summed E-state index contributed by atoms with van der Waals surface area (Å²) in [6.07, 6.45) is 3.33. The van der Waals surface area contributed by atoms with Gasteiger partial charge in [0, 0.05) is 30.0 Å². The van der Waals surface area contributed by atoms with E-state index in [1.54, 1.807) is 12.3 Å². The summed E-state index contributed by atoms with van der Waals surface area (Å²) in [6.45, 7) is 5.05. The average Bonchev–Trinajstić information content (AvgIpc) is 3.21. The highest BCUT2D eigenvalue weighted by molar-refractivity contribution is 7.90. The third-order valence-electron chi connectivity index (χ3n) is 6.21. The van der Waals surface area contributed by atoms with E-state index in [2.05, 4.69) is 17.1 Å². The minimum absolute atomic E-state index is 0.0107. The number of ether oxygens (including phenoxy) is 3. The number of carbonyl (C=O) groups is 1. The Bertz CT molecular complexity index is 1380. The first-order chi connectivity index (χ1) is 17.6. The molecule has 0 bridgehead atoms. The van der Waals surface area contributed by atoms with Crippen LogP contribution in [0, 0.1) is 13.8 Å². The van der Waals surface area contributed by atoms with Gasteiger partial charge in [-0.25, -0.2) is 13.4 Å². The van der Waals surface area contributed by atoms with E-state index in [0.29, 0.717) is 37.9 Å². The van der Waals surface area contributed by atoms with Crippen LogP contribution in [0.5, 0.6) is 17.4 Å². The third kappa shape index (κ3) is 7.01. The molecule has 196 valence electrons. The Balaban J connectivity index is 1.42. The van der Waals surface area contributed by atoms with Crippen molar-refractivity contribution in [3.63, 3.8) is 0 Å². The number of fused-ring (bicyclic) bond motifs is 1. The molecule has 1 N–H and O–H groups in total. The van der Waals surface area contributed by atoms with Gasteiger partial charge in [0.05, 0.1) is 25.4 Å². The zero-order valence-corrected chi connectivity index (χ0v) is 22.0. The summed E-state index contributed by atoms with van der Waals surface area (Å²) in [4.78, 5) is 15.4. The number of carboxylic acids is 1. The number of benzene rings is 2. The lowest BCUT2D eigenvalue weighted by Gasteiger charge is -2.15. The van der Waals surface area contributed by atoms with E-state index in [0.717, 1.165) is 39.1 Å². The van der Waals surface area contributed by atoms with Gasteiger partial charge in [-0.1, -0.05) is 18.2 Å². The fourth-order valence-electron chi connectivity index (χ4n) is 4.55. The van der Waals surface area contributed by atoms with Gasteiger partial charge in [-0.2, -0.15) is 0 Å². The molecule has 0 spiro atoms. The van der Waals surface area contributed by atoms with Crippen LogP contribution in [-0.4, -0.2) is 49.7 Å². The molecule has 0 fully saturated rings. The Morgan fingerprint density at radius 1 is 1.14 bits per heavy atom. The molecule has 1 aliphatic rings. The fourth-order valence-corrected chi connectivity index (χ4v) is 5.19. The van der Waals surface area contributed by atoms with Crippen LogP contribution in [0.1, 0.15) is 41.0 Å². The molecule has 0 saturated carbocycles. The zero-order valence-electron chi connectivity index (χ0n) is 21.2. The molecule has 8 nitrogen and oxygen atoms in total. The Morgan fingerprint density at radius 3 is 2.59 bits per heavy atom. The number of pyridine rings is 1. The Kier molecular flexibility index (Phi) is 8.02. The van der Waals surface area contributed by atoms with E-state index in [1.165, 1.54) is 6.26 Å². The molecule has 2 heterocycles. The lowest BCUT2D eigenvalue weighted by atomic mass is 9.94. The Morgan fingerprint density at radius 2 is 1.89 bits per heavy atom. The van der Waals surface area contributed by atoms with Gasteiger partial charge in [0.1, 0.15) is 27.9 Å². The summed E-state index contributed by atoms with van der Waals surface area (Å²) in [5.74, 6) is 0.819. The monoisotopic (exact) mass is 525 g/mol. The first kappa shape index (κ1) is 26.5. The highest BCUT2D eigenvalue weighted by atomic mass is 32.2. The smallest absolute Gasteiger partial charge is 0.304 e. The maximum atomic E-state index is 11.3. The number of aliphatic carboxylic acids is 1. The van der Waals surface area contributed by atoms with Crippen LogP contribution >= 0.6 is 0 Å². The molecule has 0 unspecified atom stereocenters. The van der Waals surface area contributed by atoms with Gasteiger partial charge >= 0.3 is 5.97 Å². The van der Waals surface area contributed by atoms with Gasteiger partial charge in [0.25, 0.3) is 0 Å². The van der Waals surface area contributed by atoms with Crippen LogP contribution in [0.15, 0.2) is 48.7 Å². The second kappa shape index (κ2) is 11.2. The zero-order chi connectivity index (χ0) is 26.6. The molecule has 1 aliphatic heterocycles. The van der Waals surface area contributed by atoms with Crippen LogP contribution in [0.2, 0.25) is 0 Å². The largest absolute Gasteiger partial charge is 0.494 e. The fraction of sp³-hybridized carbons (Fsp3) is 0.357. The van der Waals surface area contributed by atoms with E-state index in [9.17, 15) is 13.2 Å². The van der Waals surface area contributed by atoms with E-state index < -0.39 is 15.8 Å². The number of aryl methyl sites for hydroxylation is 2. The van der Waals surface area contributed by atoms with Crippen molar-refractivity contribution in [3.05, 3.63) is 70.9 Å². The number of sulfone groups is 1. The van der Waals surface area contributed by atoms with Crippen LogP contribution in [0.4, 0.5) is 0 Å². The summed E-state index contributed by atoms with van der Waals surface area (Å²) in [7, 11) is -2.99. The van der Waals surface area contributed by atoms with Gasteiger partial charge in [-0.15, -0.1) is 0 Å². The van der Waals surface area contributed by atoms with Gasteiger partial charge in [-0.3, -0.25) is 4.79 Å². The van der Waals surface area contributed by atoms with Crippen molar-refractivity contribution in [2.24, 2.45) is 0 Å². The summed E-state index contributed by atoms with van der Waals surface area (Å²) >= 11 is 0. The molecule has 37 heavy (non-hydrogen) atoms. The predicted molar refractivity (Wildman–Crippen MR) is 140 cm³/mol. The molecular weight excluding hydrogens is 494 g/mol. The van der Waals surface area contributed by atoms with Crippen LogP contribution in [-0.2, 0) is 21.2 Å². The van der Waals surface area contributed by atoms with E-state index in [-0.39, 0.29) is 18.1 Å². The molecule has 0 aliphatic carbocycles. The predicted octanol–water partition coefficient (Wildman–Crippen LogP) is 4.71.